The van der Waals surface area contributed by atoms with E-state index in [0.717, 1.165) is 36.5 Å². The van der Waals surface area contributed by atoms with Crippen molar-refractivity contribution < 1.29 is 9.84 Å². The number of rotatable bonds is 5. The first-order valence-electron chi connectivity index (χ1n) is 8.99. The molecule has 1 aliphatic heterocycles. The van der Waals surface area contributed by atoms with Crippen molar-refractivity contribution in [2.24, 2.45) is 5.92 Å². The SMILES string of the molecule is CCC(C)C.CCCCCc1cc(O)c2c(c1)OC(C)CC2. The molecule has 0 fully saturated rings. The molecule has 1 unspecified atom stereocenters. The molecule has 0 spiro atoms. The van der Waals surface area contributed by atoms with Gasteiger partial charge in [-0.1, -0.05) is 47.0 Å². The van der Waals surface area contributed by atoms with Gasteiger partial charge in [0.15, 0.2) is 0 Å². The summed E-state index contributed by atoms with van der Waals surface area (Å²) in [4.78, 5) is 0. The molecule has 0 aliphatic carbocycles. The Balaban J connectivity index is 0.000000422. The van der Waals surface area contributed by atoms with Gasteiger partial charge in [0.25, 0.3) is 0 Å². The Morgan fingerprint density at radius 1 is 1.23 bits per heavy atom. The monoisotopic (exact) mass is 306 g/mol. The predicted octanol–water partition coefficient (Wildman–Crippen LogP) is 5.89. The zero-order valence-corrected chi connectivity index (χ0v) is 15.1. The molecular formula is C20H34O2. The first kappa shape index (κ1) is 18.9. The Bertz CT molecular complexity index is 438. The molecule has 0 saturated heterocycles. The standard InChI is InChI=1S/C15H22O2.C5H12/c1-3-4-5-6-12-9-14(16)13-8-7-11(2)17-15(13)10-12;1-4-5(2)3/h9-11,16H,3-8H2,1-2H3;5H,4H2,1-3H3. The molecule has 2 rings (SSSR count). The van der Waals surface area contributed by atoms with E-state index in [1.807, 2.05) is 6.07 Å². The van der Waals surface area contributed by atoms with Crippen molar-refractivity contribution in [2.75, 3.05) is 0 Å². The van der Waals surface area contributed by atoms with E-state index in [-0.39, 0.29) is 6.10 Å². The Morgan fingerprint density at radius 3 is 2.50 bits per heavy atom. The maximum Gasteiger partial charge on any atom is 0.126 e. The van der Waals surface area contributed by atoms with Crippen LogP contribution in [0.3, 0.4) is 0 Å². The van der Waals surface area contributed by atoms with Crippen LogP contribution >= 0.6 is 0 Å². The molecule has 1 N–H and O–H groups in total. The molecular weight excluding hydrogens is 272 g/mol. The van der Waals surface area contributed by atoms with Gasteiger partial charge < -0.3 is 9.84 Å². The van der Waals surface area contributed by atoms with Gasteiger partial charge in [0.05, 0.1) is 6.10 Å². The Kier molecular flexibility index (Phi) is 8.37. The van der Waals surface area contributed by atoms with E-state index in [1.165, 1.54) is 31.2 Å². The molecule has 2 heteroatoms. The van der Waals surface area contributed by atoms with Gasteiger partial charge in [-0.3, -0.25) is 0 Å². The van der Waals surface area contributed by atoms with E-state index in [0.29, 0.717) is 5.75 Å². The second-order valence-electron chi connectivity index (χ2n) is 6.82. The van der Waals surface area contributed by atoms with E-state index >= 15 is 0 Å². The highest BCUT2D eigenvalue weighted by atomic mass is 16.5. The molecule has 1 atom stereocenters. The quantitative estimate of drug-likeness (QED) is 0.687. The van der Waals surface area contributed by atoms with Crippen LogP contribution in [0.1, 0.15) is 77.8 Å². The summed E-state index contributed by atoms with van der Waals surface area (Å²) in [6.07, 6.45) is 8.19. The van der Waals surface area contributed by atoms with Crippen molar-refractivity contribution in [1.82, 2.24) is 0 Å². The molecule has 1 aromatic rings. The van der Waals surface area contributed by atoms with Gasteiger partial charge in [0.1, 0.15) is 11.5 Å². The average Bonchev–Trinajstić information content (AvgIpc) is 2.47. The third kappa shape index (κ3) is 6.29. The second kappa shape index (κ2) is 9.76. The molecule has 0 amide bonds. The van der Waals surface area contributed by atoms with E-state index < -0.39 is 0 Å². The number of unbranched alkanes of at least 4 members (excludes halogenated alkanes) is 2. The van der Waals surface area contributed by atoms with E-state index in [2.05, 4.69) is 40.7 Å². The first-order valence-corrected chi connectivity index (χ1v) is 8.99. The first-order chi connectivity index (χ1) is 10.5. The number of aromatic hydroxyl groups is 1. The highest BCUT2D eigenvalue weighted by molar-refractivity contribution is 5.48. The fraction of sp³-hybridized carbons (Fsp3) is 0.700. The minimum absolute atomic E-state index is 0.271. The van der Waals surface area contributed by atoms with Crippen molar-refractivity contribution >= 4 is 0 Å². The average molecular weight is 306 g/mol. The minimum Gasteiger partial charge on any atom is -0.508 e. The number of hydrogen-bond donors (Lipinski definition) is 1. The maximum absolute atomic E-state index is 10.00. The smallest absolute Gasteiger partial charge is 0.126 e. The zero-order chi connectivity index (χ0) is 16.5. The van der Waals surface area contributed by atoms with Crippen molar-refractivity contribution in [2.45, 2.75) is 85.7 Å². The van der Waals surface area contributed by atoms with Crippen LogP contribution in [0.25, 0.3) is 0 Å². The highest BCUT2D eigenvalue weighted by Crippen LogP contribution is 2.35. The Hall–Kier alpha value is -1.18. The lowest BCUT2D eigenvalue weighted by Crippen LogP contribution is -2.19. The maximum atomic E-state index is 10.00. The van der Waals surface area contributed by atoms with Gasteiger partial charge in [0.2, 0.25) is 0 Å². The van der Waals surface area contributed by atoms with Crippen LogP contribution in [0.2, 0.25) is 0 Å². The van der Waals surface area contributed by atoms with Crippen LogP contribution in [-0.4, -0.2) is 11.2 Å². The van der Waals surface area contributed by atoms with E-state index in [4.69, 9.17) is 4.74 Å². The summed E-state index contributed by atoms with van der Waals surface area (Å²) in [5, 5.41) is 10.00. The summed E-state index contributed by atoms with van der Waals surface area (Å²) in [7, 11) is 0. The summed E-state index contributed by atoms with van der Waals surface area (Å²) < 4.78 is 5.80. The van der Waals surface area contributed by atoms with Crippen LogP contribution in [0.5, 0.6) is 11.5 Å². The molecule has 2 nitrogen and oxygen atoms in total. The number of fused-ring (bicyclic) bond motifs is 1. The van der Waals surface area contributed by atoms with Gasteiger partial charge >= 0.3 is 0 Å². The molecule has 126 valence electrons. The topological polar surface area (TPSA) is 29.5 Å². The fourth-order valence-corrected chi connectivity index (χ4v) is 2.39. The fourth-order valence-electron chi connectivity index (χ4n) is 2.39. The van der Waals surface area contributed by atoms with Crippen molar-refractivity contribution in [1.29, 1.82) is 0 Å². The normalized spacial score (nSPS) is 16.5. The van der Waals surface area contributed by atoms with Crippen LogP contribution in [0.15, 0.2) is 12.1 Å². The van der Waals surface area contributed by atoms with E-state index in [9.17, 15) is 5.11 Å². The zero-order valence-electron chi connectivity index (χ0n) is 15.1. The molecule has 0 saturated carbocycles. The van der Waals surface area contributed by atoms with Crippen LogP contribution in [-0.2, 0) is 12.8 Å². The number of phenols is 1. The minimum atomic E-state index is 0.271. The van der Waals surface area contributed by atoms with Gasteiger partial charge in [-0.25, -0.2) is 0 Å². The lowest BCUT2D eigenvalue weighted by molar-refractivity contribution is 0.190. The van der Waals surface area contributed by atoms with Gasteiger partial charge in [0, 0.05) is 5.56 Å². The van der Waals surface area contributed by atoms with Crippen LogP contribution < -0.4 is 4.74 Å². The van der Waals surface area contributed by atoms with Gasteiger partial charge in [-0.05, 0) is 56.2 Å². The van der Waals surface area contributed by atoms with Crippen LogP contribution in [0, 0.1) is 5.92 Å². The number of benzene rings is 1. The third-order valence-electron chi connectivity index (χ3n) is 4.26. The van der Waals surface area contributed by atoms with E-state index in [1.54, 1.807) is 0 Å². The van der Waals surface area contributed by atoms with Gasteiger partial charge in [-0.15, -0.1) is 0 Å². The Labute approximate surface area is 136 Å². The van der Waals surface area contributed by atoms with Crippen molar-refractivity contribution in [3.63, 3.8) is 0 Å². The lowest BCUT2D eigenvalue weighted by Gasteiger charge is -2.24. The molecule has 0 bridgehead atoms. The lowest BCUT2D eigenvalue weighted by atomic mass is 9.98. The number of hydrogen-bond acceptors (Lipinski definition) is 2. The van der Waals surface area contributed by atoms with Crippen molar-refractivity contribution in [3.8, 4) is 11.5 Å². The summed E-state index contributed by atoms with van der Waals surface area (Å²) >= 11 is 0. The second-order valence-corrected chi connectivity index (χ2v) is 6.82. The number of ether oxygens (including phenoxy) is 1. The largest absolute Gasteiger partial charge is 0.508 e. The summed E-state index contributed by atoms with van der Waals surface area (Å²) in [5.74, 6) is 2.20. The summed E-state index contributed by atoms with van der Waals surface area (Å²) in [6, 6.07) is 4.02. The molecule has 0 aromatic heterocycles. The highest BCUT2D eigenvalue weighted by Gasteiger charge is 2.19. The molecule has 1 aliphatic rings. The third-order valence-corrected chi connectivity index (χ3v) is 4.26. The number of phenolic OH excluding ortho intramolecular Hbond substituents is 1. The van der Waals surface area contributed by atoms with Gasteiger partial charge in [-0.2, -0.15) is 0 Å². The number of aryl methyl sites for hydroxylation is 1. The summed E-state index contributed by atoms with van der Waals surface area (Å²) in [5.41, 5.74) is 2.19. The summed E-state index contributed by atoms with van der Waals surface area (Å²) in [6.45, 7) is 10.9. The Morgan fingerprint density at radius 2 is 1.91 bits per heavy atom. The molecule has 22 heavy (non-hydrogen) atoms. The molecule has 1 heterocycles. The molecule has 0 radical (unpaired) electrons. The molecule has 1 aromatic carbocycles. The predicted molar refractivity (Wildman–Crippen MR) is 94.9 cm³/mol. The van der Waals surface area contributed by atoms with Crippen LogP contribution in [0.4, 0.5) is 0 Å². The van der Waals surface area contributed by atoms with Crippen molar-refractivity contribution in [3.05, 3.63) is 23.3 Å².